The van der Waals surface area contributed by atoms with E-state index < -0.39 is 15.9 Å². The Bertz CT molecular complexity index is 2150. The van der Waals surface area contributed by atoms with Gasteiger partial charge in [-0.3, -0.25) is 9.59 Å². The van der Waals surface area contributed by atoms with Crippen LogP contribution in [0.3, 0.4) is 0 Å². The van der Waals surface area contributed by atoms with Gasteiger partial charge in [0, 0.05) is 55.1 Å². The van der Waals surface area contributed by atoms with E-state index >= 15 is 0 Å². The van der Waals surface area contributed by atoms with E-state index in [1.807, 2.05) is 42.5 Å². The number of unbranched alkanes of at least 4 members (excludes halogenated alkanes) is 2. The number of aromatic nitrogens is 2. The van der Waals surface area contributed by atoms with E-state index in [1.165, 1.54) is 24.3 Å². The van der Waals surface area contributed by atoms with E-state index in [0.717, 1.165) is 60.7 Å². The summed E-state index contributed by atoms with van der Waals surface area (Å²) in [5.74, 6) is -0.601. The van der Waals surface area contributed by atoms with Gasteiger partial charge in [-0.05, 0) is 71.5 Å². The molecule has 1 aliphatic heterocycles. The van der Waals surface area contributed by atoms with Crippen LogP contribution >= 0.6 is 0 Å². The Kier molecular flexibility index (Phi) is 11.1. The van der Waals surface area contributed by atoms with Crippen LogP contribution in [-0.2, 0) is 23.0 Å². The maximum Gasteiger partial charge on any atom is 0.265 e. The monoisotopic (exact) mass is 704 g/mol. The van der Waals surface area contributed by atoms with Crippen LogP contribution in [0.2, 0.25) is 0 Å². The van der Waals surface area contributed by atoms with Gasteiger partial charge in [-0.25, -0.2) is 23.1 Å². The van der Waals surface area contributed by atoms with Crippen LogP contribution in [0, 0.1) is 0 Å². The zero-order valence-corrected chi connectivity index (χ0v) is 29.9. The first-order valence-electron chi connectivity index (χ1n) is 17.6. The molecule has 5 aromatic rings. The molecule has 1 aliphatic rings. The Morgan fingerprint density at radius 2 is 1.59 bits per heavy atom. The number of benzene rings is 4. The van der Waals surface area contributed by atoms with Crippen molar-refractivity contribution in [3.63, 3.8) is 0 Å². The molecule has 1 aromatic heterocycles. The van der Waals surface area contributed by atoms with Gasteiger partial charge < -0.3 is 15.5 Å². The van der Waals surface area contributed by atoms with Crippen molar-refractivity contribution in [2.24, 2.45) is 5.73 Å². The highest BCUT2D eigenvalue weighted by Gasteiger charge is 2.32. The number of nitrogens with two attached hydrogens (primary N) is 1. The number of hydrogen-bond acceptors (Lipinski definition) is 8. The molecule has 0 radical (unpaired) electrons. The molecule has 264 valence electrons. The Morgan fingerprint density at radius 3 is 2.31 bits per heavy atom. The van der Waals surface area contributed by atoms with Crippen LogP contribution in [0.25, 0.3) is 22.0 Å². The first-order valence-corrected chi connectivity index (χ1v) is 19.1. The van der Waals surface area contributed by atoms with Crippen LogP contribution < -0.4 is 15.4 Å². The fourth-order valence-corrected chi connectivity index (χ4v) is 7.52. The first kappa shape index (κ1) is 35.7. The predicted octanol–water partition coefficient (Wildman–Crippen LogP) is 6.35. The van der Waals surface area contributed by atoms with Gasteiger partial charge in [0.2, 0.25) is 5.95 Å². The number of rotatable bonds is 13. The fourth-order valence-electron chi connectivity index (χ4n) is 6.51. The maximum absolute atomic E-state index is 14.6. The fraction of sp³-hybridized carbons (Fsp3) is 0.300. The summed E-state index contributed by atoms with van der Waals surface area (Å²) in [5, 5.41) is 1.61. The number of sulfonamides is 1. The Morgan fingerprint density at radius 1 is 0.882 bits per heavy atom. The van der Waals surface area contributed by atoms with E-state index in [9.17, 15) is 18.0 Å². The second-order valence-corrected chi connectivity index (χ2v) is 14.6. The minimum absolute atomic E-state index is 0.0231. The summed E-state index contributed by atoms with van der Waals surface area (Å²) < 4.78 is 29.1. The molecule has 2 heterocycles. The number of hydrogen-bond donors (Lipinski definition) is 2. The molecule has 6 rings (SSSR count). The summed E-state index contributed by atoms with van der Waals surface area (Å²) in [4.78, 5) is 41.7. The van der Waals surface area contributed by atoms with Crippen molar-refractivity contribution < 1.29 is 18.0 Å². The largest absolute Gasteiger partial charge is 0.341 e. The molecule has 1 atom stereocenters. The van der Waals surface area contributed by atoms with Gasteiger partial charge in [0.05, 0.1) is 10.6 Å². The number of anilines is 1. The molecule has 1 unspecified atom stereocenters. The number of carbonyl (C=O) groups excluding carboxylic acids is 2. The lowest BCUT2D eigenvalue weighted by Gasteiger charge is -2.37. The Balaban J connectivity index is 1.39. The van der Waals surface area contributed by atoms with E-state index in [-0.39, 0.29) is 34.5 Å². The highest BCUT2D eigenvalue weighted by Crippen LogP contribution is 2.30. The normalized spacial score (nSPS) is 14.3. The van der Waals surface area contributed by atoms with Gasteiger partial charge in [0.25, 0.3) is 21.8 Å². The van der Waals surface area contributed by atoms with Gasteiger partial charge in [0.1, 0.15) is 0 Å². The molecule has 0 saturated carbocycles. The minimum Gasteiger partial charge on any atom is -0.341 e. The third-order valence-corrected chi connectivity index (χ3v) is 10.8. The van der Waals surface area contributed by atoms with Crippen molar-refractivity contribution in [2.75, 3.05) is 24.5 Å². The van der Waals surface area contributed by atoms with Crippen molar-refractivity contribution in [1.82, 2.24) is 19.6 Å². The molecular formula is C40H44N6O4S. The zero-order valence-electron chi connectivity index (χ0n) is 29.1. The Labute approximate surface area is 299 Å². The van der Waals surface area contributed by atoms with Gasteiger partial charge >= 0.3 is 0 Å². The average Bonchev–Trinajstić information content (AvgIpc) is 3.16. The summed E-state index contributed by atoms with van der Waals surface area (Å²) in [6, 6.07) is 26.2. The second-order valence-electron chi connectivity index (χ2n) is 12.9. The minimum atomic E-state index is -4.23. The highest BCUT2D eigenvalue weighted by molar-refractivity contribution is 7.90. The Hall–Kier alpha value is -5.13. The van der Waals surface area contributed by atoms with Gasteiger partial charge in [-0.1, -0.05) is 87.4 Å². The van der Waals surface area contributed by atoms with Crippen molar-refractivity contribution in [3.05, 3.63) is 119 Å². The molecule has 11 heteroatoms. The van der Waals surface area contributed by atoms with Crippen LogP contribution in [0.15, 0.2) is 102 Å². The van der Waals surface area contributed by atoms with Crippen molar-refractivity contribution in [2.45, 2.75) is 63.4 Å². The molecule has 10 nitrogen and oxygen atoms in total. The number of amides is 2. The molecule has 0 spiro atoms. The van der Waals surface area contributed by atoms with Crippen LogP contribution in [0.5, 0.6) is 0 Å². The van der Waals surface area contributed by atoms with Crippen molar-refractivity contribution in [3.8, 4) is 11.3 Å². The van der Waals surface area contributed by atoms with Crippen molar-refractivity contribution in [1.29, 1.82) is 0 Å². The molecule has 0 bridgehead atoms. The van der Waals surface area contributed by atoms with Crippen LogP contribution in [0.4, 0.5) is 5.95 Å². The zero-order chi connectivity index (χ0) is 36.0. The summed E-state index contributed by atoms with van der Waals surface area (Å²) in [7, 11) is -4.23. The van der Waals surface area contributed by atoms with E-state index in [2.05, 4.69) is 34.5 Å². The third-order valence-electron chi connectivity index (χ3n) is 9.42. The van der Waals surface area contributed by atoms with Gasteiger partial charge in [-0.2, -0.15) is 0 Å². The molecule has 51 heavy (non-hydrogen) atoms. The standard InChI is InChI=1S/C40H44N6O4S/c1-3-5-21-45(22-6-4-2)40-42-20-19-37(43-40)35-18-16-31(38(47)44-51(49,50)34-17-15-28-11-7-8-13-30(28)24-34)25-36(35)39(48)46-27-32-14-10-9-12-29(32)23-33(46)26-41/h7-20,24-25,33H,3-6,21-23,26-27,41H2,1-2H3,(H,44,47). The van der Waals surface area contributed by atoms with E-state index in [0.29, 0.717) is 30.2 Å². The molecule has 2 amide bonds. The van der Waals surface area contributed by atoms with Gasteiger partial charge in [-0.15, -0.1) is 0 Å². The average molecular weight is 705 g/mol. The number of nitrogens with one attached hydrogen (secondary N) is 1. The molecule has 4 aromatic carbocycles. The van der Waals surface area contributed by atoms with E-state index in [4.69, 9.17) is 10.7 Å². The molecule has 0 saturated heterocycles. The lowest BCUT2D eigenvalue weighted by molar-refractivity contribution is 0.0648. The topological polar surface area (TPSA) is 139 Å². The highest BCUT2D eigenvalue weighted by atomic mass is 32.2. The lowest BCUT2D eigenvalue weighted by Crippen LogP contribution is -2.48. The van der Waals surface area contributed by atoms with E-state index in [1.54, 1.807) is 29.3 Å². The number of carbonyl (C=O) groups is 2. The smallest absolute Gasteiger partial charge is 0.265 e. The number of fused-ring (bicyclic) bond motifs is 2. The summed E-state index contributed by atoms with van der Waals surface area (Å²) in [6.45, 7) is 6.50. The molecule has 0 aliphatic carbocycles. The summed E-state index contributed by atoms with van der Waals surface area (Å²) in [5.41, 5.74) is 9.69. The lowest BCUT2D eigenvalue weighted by atomic mass is 9.92. The molecule has 3 N–H and O–H groups in total. The number of nitrogens with zero attached hydrogens (tertiary/aromatic N) is 4. The van der Waals surface area contributed by atoms with Crippen molar-refractivity contribution >= 4 is 38.6 Å². The first-order chi connectivity index (χ1) is 24.7. The SMILES string of the molecule is CCCCN(CCCC)c1nccc(-c2ccc(C(=O)NS(=O)(=O)c3ccc4ccccc4c3)cc2C(=O)N2Cc3ccccc3CC2CN)n1. The predicted molar refractivity (Wildman–Crippen MR) is 201 cm³/mol. The quantitative estimate of drug-likeness (QED) is 0.145. The summed E-state index contributed by atoms with van der Waals surface area (Å²) in [6.07, 6.45) is 6.32. The summed E-state index contributed by atoms with van der Waals surface area (Å²) >= 11 is 0. The van der Waals surface area contributed by atoms with Gasteiger partial charge in [0.15, 0.2) is 0 Å². The molecular weight excluding hydrogens is 661 g/mol. The maximum atomic E-state index is 14.6. The molecule has 0 fully saturated rings. The van der Waals surface area contributed by atoms with Crippen LogP contribution in [0.1, 0.15) is 71.4 Å². The second kappa shape index (κ2) is 15.8. The van der Waals surface area contributed by atoms with Crippen LogP contribution in [-0.4, -0.2) is 60.8 Å². The third kappa shape index (κ3) is 7.95.